The monoisotopic (exact) mass is 348 g/mol. The maximum Gasteiger partial charge on any atom is 0.322 e. The summed E-state index contributed by atoms with van der Waals surface area (Å²) in [6, 6.07) is 15.5. The minimum atomic E-state index is -1.06. The molecule has 26 heavy (non-hydrogen) atoms. The largest absolute Gasteiger partial charge is 0.480 e. The average Bonchev–Trinajstić information content (AvgIpc) is 2.96. The van der Waals surface area contributed by atoms with Crippen LogP contribution in [0.1, 0.15) is 6.42 Å². The second kappa shape index (κ2) is 6.44. The predicted octanol–water partition coefficient (Wildman–Crippen LogP) is 2.33. The highest BCUT2D eigenvalue weighted by Gasteiger charge is 2.15. The number of aryl methyl sites for hydroxylation is 1. The lowest BCUT2D eigenvalue weighted by Crippen LogP contribution is -2.29. The summed E-state index contributed by atoms with van der Waals surface area (Å²) >= 11 is 0. The minimum absolute atomic E-state index is 0.162. The minimum Gasteiger partial charge on any atom is -0.480 e. The first-order valence-electron chi connectivity index (χ1n) is 8.26. The lowest BCUT2D eigenvalue weighted by atomic mass is 10.2. The van der Waals surface area contributed by atoms with E-state index >= 15 is 0 Å². The van der Waals surface area contributed by atoms with Gasteiger partial charge in [-0.2, -0.15) is 0 Å². The van der Waals surface area contributed by atoms with Crippen molar-refractivity contribution >= 4 is 45.0 Å². The maximum atomic E-state index is 11.9. The molecule has 2 N–H and O–H groups in total. The summed E-state index contributed by atoms with van der Waals surface area (Å²) in [6.45, 7) is 0.0128. The van der Waals surface area contributed by atoms with Crippen molar-refractivity contribution in [3.63, 3.8) is 0 Å². The van der Waals surface area contributed by atoms with E-state index < -0.39 is 5.97 Å². The number of carboxylic acids is 1. The van der Waals surface area contributed by atoms with Gasteiger partial charge in [0.2, 0.25) is 5.91 Å². The summed E-state index contributed by atoms with van der Waals surface area (Å²) in [7, 11) is 0. The highest BCUT2D eigenvalue weighted by Crippen LogP contribution is 2.28. The number of carboxylic acid groups (broad SMARTS) is 1. The number of hydrogen-bond acceptors (Lipinski definition) is 4. The Kier molecular flexibility index (Phi) is 3.96. The second-order valence-corrected chi connectivity index (χ2v) is 5.97. The van der Waals surface area contributed by atoms with E-state index in [-0.39, 0.29) is 18.9 Å². The SMILES string of the molecule is O=C(O)CNC(=O)CCn1c2ccccc2c2nc3ccccc3nc21. The summed E-state index contributed by atoms with van der Waals surface area (Å²) in [6.07, 6.45) is 0.162. The molecule has 0 spiro atoms. The van der Waals surface area contributed by atoms with Crippen molar-refractivity contribution in [2.45, 2.75) is 13.0 Å². The third-order valence-corrected chi connectivity index (χ3v) is 4.26. The number of carbonyl (C=O) groups excluding carboxylic acids is 1. The van der Waals surface area contributed by atoms with E-state index in [4.69, 9.17) is 15.1 Å². The molecule has 0 aliphatic rings. The molecule has 2 heterocycles. The van der Waals surface area contributed by atoms with E-state index in [1.54, 1.807) is 0 Å². The first-order valence-corrected chi connectivity index (χ1v) is 8.26. The Hall–Kier alpha value is -3.48. The quantitative estimate of drug-likeness (QED) is 0.577. The van der Waals surface area contributed by atoms with Crippen LogP contribution in [0, 0.1) is 0 Å². The van der Waals surface area contributed by atoms with Crippen LogP contribution in [0.2, 0.25) is 0 Å². The number of nitrogens with one attached hydrogen (secondary N) is 1. The molecule has 130 valence electrons. The van der Waals surface area contributed by atoms with Crippen LogP contribution in [-0.2, 0) is 16.1 Å². The lowest BCUT2D eigenvalue weighted by Gasteiger charge is -2.07. The highest BCUT2D eigenvalue weighted by atomic mass is 16.4. The first-order chi connectivity index (χ1) is 12.6. The standard InChI is InChI=1S/C19H16N4O3/c24-16(20-11-17(25)26)9-10-23-15-8-4-1-5-12(15)18-19(23)22-14-7-3-2-6-13(14)21-18/h1-8H,9-11H2,(H,20,24)(H,25,26). The number of para-hydroxylation sites is 3. The van der Waals surface area contributed by atoms with Gasteiger partial charge in [0.15, 0.2) is 5.65 Å². The zero-order chi connectivity index (χ0) is 18.1. The van der Waals surface area contributed by atoms with Gasteiger partial charge < -0.3 is 15.0 Å². The normalized spacial score (nSPS) is 11.2. The Bertz CT molecular complexity index is 1150. The van der Waals surface area contributed by atoms with Gasteiger partial charge in [-0.05, 0) is 18.2 Å². The van der Waals surface area contributed by atoms with Crippen molar-refractivity contribution < 1.29 is 14.7 Å². The third-order valence-electron chi connectivity index (χ3n) is 4.26. The van der Waals surface area contributed by atoms with Crippen LogP contribution in [0.15, 0.2) is 48.5 Å². The van der Waals surface area contributed by atoms with Crippen LogP contribution >= 0.6 is 0 Å². The van der Waals surface area contributed by atoms with Crippen LogP contribution in [0.25, 0.3) is 33.1 Å². The second-order valence-electron chi connectivity index (χ2n) is 5.97. The highest BCUT2D eigenvalue weighted by molar-refractivity contribution is 6.06. The van der Waals surface area contributed by atoms with Crippen molar-refractivity contribution in [2.24, 2.45) is 0 Å². The topological polar surface area (TPSA) is 97.1 Å². The van der Waals surface area contributed by atoms with Crippen LogP contribution < -0.4 is 5.32 Å². The number of aromatic nitrogens is 3. The van der Waals surface area contributed by atoms with Gasteiger partial charge in [-0.3, -0.25) is 9.59 Å². The zero-order valence-electron chi connectivity index (χ0n) is 13.8. The fraction of sp³-hybridized carbons (Fsp3) is 0.158. The molecule has 0 radical (unpaired) electrons. The van der Waals surface area contributed by atoms with Gasteiger partial charge in [0.05, 0.1) is 16.6 Å². The molecular weight excluding hydrogens is 332 g/mol. The van der Waals surface area contributed by atoms with Gasteiger partial charge in [0.25, 0.3) is 0 Å². The number of hydrogen-bond donors (Lipinski definition) is 2. The van der Waals surface area contributed by atoms with Gasteiger partial charge in [-0.15, -0.1) is 0 Å². The average molecular weight is 348 g/mol. The van der Waals surface area contributed by atoms with E-state index in [1.807, 2.05) is 53.1 Å². The summed E-state index contributed by atoms with van der Waals surface area (Å²) in [5, 5.41) is 12.0. The molecule has 0 atom stereocenters. The van der Waals surface area contributed by atoms with Gasteiger partial charge in [-0.25, -0.2) is 9.97 Å². The van der Waals surface area contributed by atoms with Crippen molar-refractivity contribution in [1.82, 2.24) is 19.9 Å². The van der Waals surface area contributed by atoms with Gasteiger partial charge >= 0.3 is 5.97 Å². The Labute approximate surface area is 148 Å². The molecule has 0 aliphatic carbocycles. The van der Waals surface area contributed by atoms with Crippen LogP contribution in [0.3, 0.4) is 0 Å². The molecule has 4 rings (SSSR count). The molecule has 7 heteroatoms. The zero-order valence-corrected chi connectivity index (χ0v) is 13.8. The molecule has 4 aromatic rings. The predicted molar refractivity (Wildman–Crippen MR) is 97.8 cm³/mol. The Morgan fingerprint density at radius 3 is 2.46 bits per heavy atom. The Morgan fingerprint density at radius 2 is 1.69 bits per heavy atom. The van der Waals surface area contributed by atoms with Crippen molar-refractivity contribution in [2.75, 3.05) is 6.54 Å². The van der Waals surface area contributed by atoms with E-state index in [1.165, 1.54) is 0 Å². The van der Waals surface area contributed by atoms with E-state index in [0.29, 0.717) is 6.54 Å². The number of rotatable bonds is 5. The third kappa shape index (κ3) is 2.83. The van der Waals surface area contributed by atoms with E-state index in [0.717, 1.165) is 33.1 Å². The van der Waals surface area contributed by atoms with Crippen LogP contribution in [0.5, 0.6) is 0 Å². The number of amides is 1. The van der Waals surface area contributed by atoms with Crippen LogP contribution in [-0.4, -0.2) is 38.1 Å². The molecule has 1 amide bonds. The Balaban J connectivity index is 1.77. The molecule has 0 aliphatic heterocycles. The van der Waals surface area contributed by atoms with E-state index in [9.17, 15) is 9.59 Å². The lowest BCUT2D eigenvalue weighted by molar-refractivity contribution is -0.137. The molecule has 0 bridgehead atoms. The molecule has 2 aromatic heterocycles. The van der Waals surface area contributed by atoms with Gasteiger partial charge in [0, 0.05) is 18.4 Å². The molecule has 0 fully saturated rings. The summed E-state index contributed by atoms with van der Waals surface area (Å²) in [4.78, 5) is 32.0. The molecule has 2 aromatic carbocycles. The number of nitrogens with zero attached hydrogens (tertiary/aromatic N) is 3. The summed E-state index contributed by atoms with van der Waals surface area (Å²) < 4.78 is 1.96. The number of benzene rings is 2. The van der Waals surface area contributed by atoms with Gasteiger partial charge in [-0.1, -0.05) is 30.3 Å². The number of aliphatic carboxylic acids is 1. The molecule has 0 unspecified atom stereocenters. The molecule has 0 saturated heterocycles. The summed E-state index contributed by atoms with van der Waals surface area (Å²) in [5.41, 5.74) is 4.08. The molecular formula is C19H16N4O3. The van der Waals surface area contributed by atoms with Gasteiger partial charge in [0.1, 0.15) is 12.1 Å². The molecule has 7 nitrogen and oxygen atoms in total. The molecule has 0 saturated carbocycles. The number of carbonyl (C=O) groups is 2. The fourth-order valence-corrected chi connectivity index (χ4v) is 3.09. The van der Waals surface area contributed by atoms with E-state index in [2.05, 4.69) is 5.32 Å². The fourth-order valence-electron chi connectivity index (χ4n) is 3.09. The Morgan fingerprint density at radius 1 is 1.00 bits per heavy atom. The number of fused-ring (bicyclic) bond motifs is 4. The summed E-state index contributed by atoms with van der Waals surface area (Å²) in [5.74, 6) is -1.38. The van der Waals surface area contributed by atoms with Crippen molar-refractivity contribution in [3.8, 4) is 0 Å². The van der Waals surface area contributed by atoms with Crippen LogP contribution in [0.4, 0.5) is 0 Å². The maximum absolute atomic E-state index is 11.9. The van der Waals surface area contributed by atoms with Crippen molar-refractivity contribution in [3.05, 3.63) is 48.5 Å². The first kappa shape index (κ1) is 16.0. The smallest absolute Gasteiger partial charge is 0.322 e. The van der Waals surface area contributed by atoms with Crippen molar-refractivity contribution in [1.29, 1.82) is 0 Å².